The summed E-state index contributed by atoms with van der Waals surface area (Å²) in [6.07, 6.45) is 0.431. The Hall–Kier alpha value is -2.10. The summed E-state index contributed by atoms with van der Waals surface area (Å²) in [7, 11) is 2.13. The number of hydrogen-bond acceptors (Lipinski definition) is 4. The minimum atomic E-state index is -0.986. The molecule has 1 aliphatic heterocycles. The van der Waals surface area contributed by atoms with Crippen LogP contribution in [-0.4, -0.2) is 66.3 Å². The van der Waals surface area contributed by atoms with Gasteiger partial charge < -0.3 is 15.3 Å². The normalized spacial score (nSPS) is 20.3. The number of carboxylic acid groups (broad SMARTS) is 1. The van der Waals surface area contributed by atoms with Crippen LogP contribution in [0.2, 0.25) is 0 Å². The first-order valence-corrected chi connectivity index (χ1v) is 8.39. The zero-order valence-electron chi connectivity index (χ0n) is 14.4. The van der Waals surface area contributed by atoms with Gasteiger partial charge in [-0.25, -0.2) is 4.79 Å². The lowest BCUT2D eigenvalue weighted by Crippen LogP contribution is -2.51. The van der Waals surface area contributed by atoms with Gasteiger partial charge in [0.25, 0.3) is 0 Å². The second-order valence-electron chi connectivity index (χ2n) is 6.60. The number of nitriles is 1. The molecule has 0 spiro atoms. The van der Waals surface area contributed by atoms with Gasteiger partial charge in [0.1, 0.15) is 0 Å². The maximum Gasteiger partial charge on any atom is 0.404 e. The maximum atomic E-state index is 11.1. The first-order chi connectivity index (χ1) is 11.5. The molecule has 0 saturated carbocycles. The van der Waals surface area contributed by atoms with Crippen LogP contribution in [0.15, 0.2) is 24.3 Å². The minimum absolute atomic E-state index is 0.123. The van der Waals surface area contributed by atoms with Gasteiger partial charge in [-0.2, -0.15) is 5.26 Å². The van der Waals surface area contributed by atoms with Crippen molar-refractivity contribution in [1.82, 2.24) is 15.1 Å². The van der Waals surface area contributed by atoms with Crippen molar-refractivity contribution in [3.8, 4) is 6.07 Å². The Morgan fingerprint density at radius 2 is 2.12 bits per heavy atom. The Morgan fingerprint density at radius 1 is 1.42 bits per heavy atom. The van der Waals surface area contributed by atoms with E-state index in [1.165, 1.54) is 0 Å². The molecule has 1 heterocycles. The van der Waals surface area contributed by atoms with Crippen LogP contribution in [-0.2, 0) is 6.42 Å². The number of nitrogens with one attached hydrogen (secondary N) is 1. The Morgan fingerprint density at radius 3 is 2.71 bits per heavy atom. The lowest BCUT2D eigenvalue weighted by atomic mass is 10.0. The van der Waals surface area contributed by atoms with Crippen molar-refractivity contribution in [3.05, 3.63) is 35.4 Å². The number of hydrogen-bond donors (Lipinski definition) is 2. The van der Waals surface area contributed by atoms with Gasteiger partial charge in [0.2, 0.25) is 0 Å². The second-order valence-corrected chi connectivity index (χ2v) is 6.60. The highest BCUT2D eigenvalue weighted by molar-refractivity contribution is 5.64. The molecule has 1 amide bonds. The molecule has 130 valence electrons. The molecule has 0 radical (unpaired) electrons. The zero-order valence-corrected chi connectivity index (χ0v) is 14.4. The van der Waals surface area contributed by atoms with Crippen molar-refractivity contribution in [2.45, 2.75) is 31.8 Å². The number of carbonyl (C=O) groups is 1. The van der Waals surface area contributed by atoms with E-state index in [0.717, 1.165) is 38.2 Å². The van der Waals surface area contributed by atoms with E-state index in [9.17, 15) is 4.79 Å². The molecule has 2 N–H and O–H groups in total. The third kappa shape index (κ3) is 5.52. The number of likely N-dealkylation sites (N-methyl/N-ethyl adjacent to an activating group) is 1. The molecule has 0 bridgehead atoms. The molecule has 6 nitrogen and oxygen atoms in total. The summed E-state index contributed by atoms with van der Waals surface area (Å²) in [5, 5.41) is 20.6. The molecule has 6 heteroatoms. The SMILES string of the molecule is C[C@H]1CN(C)CCN1CC[C@@H](Cc1ccc(C#N)cc1)NC(=O)O. The van der Waals surface area contributed by atoms with Crippen molar-refractivity contribution in [3.63, 3.8) is 0 Å². The first-order valence-electron chi connectivity index (χ1n) is 8.39. The Balaban J connectivity index is 1.92. The number of amides is 1. The molecule has 2 atom stereocenters. The summed E-state index contributed by atoms with van der Waals surface area (Å²) in [5.74, 6) is 0. The molecular formula is C18H26N4O2. The van der Waals surface area contributed by atoms with E-state index in [2.05, 4.69) is 35.2 Å². The van der Waals surface area contributed by atoms with Crippen molar-refractivity contribution in [1.29, 1.82) is 5.26 Å². The van der Waals surface area contributed by atoms with Gasteiger partial charge in [-0.1, -0.05) is 12.1 Å². The predicted molar refractivity (Wildman–Crippen MR) is 93.0 cm³/mol. The Kier molecular flexibility index (Phi) is 6.59. The summed E-state index contributed by atoms with van der Waals surface area (Å²) in [6.45, 7) is 6.23. The summed E-state index contributed by atoms with van der Waals surface area (Å²) in [6, 6.07) is 9.80. The predicted octanol–water partition coefficient (Wildman–Crippen LogP) is 1.76. The summed E-state index contributed by atoms with van der Waals surface area (Å²) in [5.41, 5.74) is 1.66. The van der Waals surface area contributed by atoms with Gasteiger partial charge in [-0.05, 0) is 44.5 Å². The van der Waals surface area contributed by atoms with E-state index in [1.54, 1.807) is 12.1 Å². The highest BCUT2D eigenvalue weighted by Gasteiger charge is 2.22. The molecule has 1 fully saturated rings. The average molecular weight is 330 g/mol. The average Bonchev–Trinajstić information content (AvgIpc) is 2.54. The first kappa shape index (κ1) is 18.2. The van der Waals surface area contributed by atoms with Crippen molar-refractivity contribution < 1.29 is 9.90 Å². The molecule has 2 rings (SSSR count). The van der Waals surface area contributed by atoms with Gasteiger partial charge in [0, 0.05) is 38.3 Å². The molecule has 24 heavy (non-hydrogen) atoms. The van der Waals surface area contributed by atoms with E-state index in [-0.39, 0.29) is 6.04 Å². The highest BCUT2D eigenvalue weighted by Crippen LogP contribution is 2.12. The van der Waals surface area contributed by atoms with Crippen LogP contribution in [0.25, 0.3) is 0 Å². The Labute approximate surface area is 143 Å². The monoisotopic (exact) mass is 330 g/mol. The fourth-order valence-corrected chi connectivity index (χ4v) is 3.23. The Bertz CT molecular complexity index is 582. The van der Waals surface area contributed by atoms with Crippen molar-refractivity contribution >= 4 is 6.09 Å². The van der Waals surface area contributed by atoms with E-state index in [4.69, 9.17) is 10.4 Å². The van der Waals surface area contributed by atoms with E-state index in [1.807, 2.05) is 12.1 Å². The largest absolute Gasteiger partial charge is 0.465 e. The number of benzene rings is 1. The topological polar surface area (TPSA) is 79.6 Å². The minimum Gasteiger partial charge on any atom is -0.465 e. The van der Waals surface area contributed by atoms with Gasteiger partial charge >= 0.3 is 6.09 Å². The van der Waals surface area contributed by atoms with Gasteiger partial charge in [-0.15, -0.1) is 0 Å². The molecule has 1 saturated heterocycles. The smallest absolute Gasteiger partial charge is 0.404 e. The molecular weight excluding hydrogens is 304 g/mol. The van der Waals surface area contributed by atoms with Crippen LogP contribution in [0, 0.1) is 11.3 Å². The van der Waals surface area contributed by atoms with Gasteiger partial charge in [0.15, 0.2) is 0 Å². The molecule has 1 aromatic rings. The summed E-state index contributed by atoms with van der Waals surface area (Å²) < 4.78 is 0. The van der Waals surface area contributed by atoms with Crippen LogP contribution < -0.4 is 5.32 Å². The van der Waals surface area contributed by atoms with Crippen LogP contribution in [0.5, 0.6) is 0 Å². The van der Waals surface area contributed by atoms with Crippen LogP contribution in [0.1, 0.15) is 24.5 Å². The number of nitrogens with zero attached hydrogens (tertiary/aromatic N) is 3. The summed E-state index contributed by atoms with van der Waals surface area (Å²) >= 11 is 0. The van der Waals surface area contributed by atoms with Crippen molar-refractivity contribution in [2.24, 2.45) is 0 Å². The van der Waals surface area contributed by atoms with Crippen LogP contribution in [0.3, 0.4) is 0 Å². The second kappa shape index (κ2) is 8.67. The van der Waals surface area contributed by atoms with Gasteiger partial charge in [-0.3, -0.25) is 4.90 Å². The third-order valence-electron chi connectivity index (χ3n) is 4.63. The van der Waals surface area contributed by atoms with Crippen LogP contribution >= 0.6 is 0 Å². The zero-order chi connectivity index (χ0) is 17.5. The lowest BCUT2D eigenvalue weighted by molar-refractivity contribution is 0.0958. The standard InChI is InChI=1S/C18H26N4O2/c1-14-13-21(2)9-10-22(14)8-7-17(20-18(23)24)11-15-3-5-16(12-19)6-4-15/h3-6,14,17,20H,7-11,13H2,1-2H3,(H,23,24)/t14-,17-/m0/s1. The molecule has 1 aliphatic rings. The maximum absolute atomic E-state index is 11.1. The number of rotatable bonds is 6. The molecule has 0 aliphatic carbocycles. The van der Waals surface area contributed by atoms with Crippen molar-refractivity contribution in [2.75, 3.05) is 33.2 Å². The molecule has 1 aromatic carbocycles. The fourth-order valence-electron chi connectivity index (χ4n) is 3.23. The fraction of sp³-hybridized carbons (Fsp3) is 0.556. The number of piperazine rings is 1. The lowest BCUT2D eigenvalue weighted by Gasteiger charge is -2.38. The third-order valence-corrected chi connectivity index (χ3v) is 4.63. The quantitative estimate of drug-likeness (QED) is 0.831. The van der Waals surface area contributed by atoms with E-state index >= 15 is 0 Å². The van der Waals surface area contributed by atoms with E-state index < -0.39 is 6.09 Å². The van der Waals surface area contributed by atoms with Crippen LogP contribution in [0.4, 0.5) is 4.79 Å². The van der Waals surface area contributed by atoms with E-state index in [0.29, 0.717) is 18.0 Å². The van der Waals surface area contributed by atoms with Gasteiger partial charge in [0.05, 0.1) is 11.6 Å². The molecule has 0 aromatic heterocycles. The highest BCUT2D eigenvalue weighted by atomic mass is 16.4. The summed E-state index contributed by atoms with van der Waals surface area (Å²) in [4.78, 5) is 15.8. The molecule has 0 unspecified atom stereocenters.